The summed E-state index contributed by atoms with van der Waals surface area (Å²) in [6.07, 6.45) is 11.9. The molecule has 6 nitrogen and oxygen atoms in total. The van der Waals surface area contributed by atoms with E-state index in [0.717, 1.165) is 83.6 Å². The number of nitrogens with two attached hydrogens (primary N) is 1. The Morgan fingerprint density at radius 1 is 0.741 bits per heavy atom. The van der Waals surface area contributed by atoms with Crippen LogP contribution >= 0.6 is 0 Å². The summed E-state index contributed by atoms with van der Waals surface area (Å²) in [7, 11) is 0. The molecule has 0 aliphatic rings. The van der Waals surface area contributed by atoms with Crippen molar-refractivity contribution in [2.75, 3.05) is 0 Å². The van der Waals surface area contributed by atoms with Gasteiger partial charge in [0.05, 0.1) is 22.6 Å². The zero-order chi connectivity index (χ0) is 40.9. The van der Waals surface area contributed by atoms with Crippen molar-refractivity contribution in [2.45, 2.75) is 13.3 Å². The van der Waals surface area contributed by atoms with Crippen molar-refractivity contribution in [3.63, 3.8) is 0 Å². The monoisotopic (exact) mass is 752 g/mol. The van der Waals surface area contributed by atoms with Crippen molar-refractivity contribution in [3.8, 4) is 34.0 Å². The highest BCUT2D eigenvalue weighted by molar-refractivity contribution is 6.10. The minimum atomic E-state index is 0.625. The van der Waals surface area contributed by atoms with Crippen molar-refractivity contribution in [1.29, 1.82) is 16.1 Å². The van der Waals surface area contributed by atoms with Crippen LogP contribution in [0.5, 0.6) is 0 Å². The summed E-state index contributed by atoms with van der Waals surface area (Å²) >= 11 is 0. The molecule has 282 valence electrons. The highest BCUT2D eigenvalue weighted by Gasteiger charge is 2.16. The van der Waals surface area contributed by atoms with Crippen LogP contribution in [0, 0.1) is 22.1 Å². The molecule has 6 aromatic carbocycles. The summed E-state index contributed by atoms with van der Waals surface area (Å²) in [5.41, 5.74) is 19.4. The van der Waals surface area contributed by atoms with Gasteiger partial charge in [0, 0.05) is 64.2 Å². The molecule has 0 spiro atoms. The Kier molecular flexibility index (Phi) is 13.1. The first-order chi connectivity index (χ1) is 28.5. The van der Waals surface area contributed by atoms with E-state index >= 15 is 0 Å². The van der Waals surface area contributed by atoms with Gasteiger partial charge in [0.1, 0.15) is 0 Å². The molecule has 0 aliphatic carbocycles. The van der Waals surface area contributed by atoms with E-state index in [0.29, 0.717) is 6.42 Å². The van der Waals surface area contributed by atoms with Crippen LogP contribution in [0.3, 0.4) is 0 Å². The van der Waals surface area contributed by atoms with Crippen LogP contribution in [0.1, 0.15) is 30.0 Å². The van der Waals surface area contributed by atoms with Crippen molar-refractivity contribution >= 4 is 56.3 Å². The summed E-state index contributed by atoms with van der Waals surface area (Å²) in [6.45, 7) is 9.42. The highest BCUT2D eigenvalue weighted by Crippen LogP contribution is 2.37. The molecule has 8 rings (SSSR count). The van der Waals surface area contributed by atoms with Gasteiger partial charge in [-0.3, -0.25) is 4.98 Å². The fourth-order valence-corrected chi connectivity index (χ4v) is 6.91. The first kappa shape index (κ1) is 39.8. The maximum absolute atomic E-state index is 8.01. The molecule has 0 bridgehead atoms. The third kappa shape index (κ3) is 8.65. The van der Waals surface area contributed by atoms with Crippen LogP contribution in [-0.2, 0) is 0 Å². The number of para-hydroxylation sites is 1. The molecular formula is C52H44N6. The lowest BCUT2D eigenvalue weighted by molar-refractivity contribution is 1.18. The summed E-state index contributed by atoms with van der Waals surface area (Å²) in [6, 6.07) is 52.9. The number of fused-ring (bicyclic) bond motifs is 4. The zero-order valence-corrected chi connectivity index (χ0v) is 32.4. The standard InChI is InChI=1S/C46H34N4.2C3H5N/c1-31(45-37(30-48)21-20-34-15-10-24-49-46(34)45)18-19-36(29-47)35-22-23-44-42(28-35)41-16-8-9-17-43(41)50(44)40-26-38(32-11-4-2-5-12-32)25-39(27-40)33-13-6-3-7-14-33;2*1-2-3-4/h2-30,48H,1,47H2;2H2,1H3;2-4H,1H2/b19-18-,36-29+,48-30?;;. The summed E-state index contributed by atoms with van der Waals surface area (Å²) < 4.78 is 2.36. The van der Waals surface area contributed by atoms with Crippen LogP contribution in [0.25, 0.3) is 71.8 Å². The average molecular weight is 753 g/mol. The smallest absolute Gasteiger partial charge is 0.0786 e. The minimum absolute atomic E-state index is 0.625. The Morgan fingerprint density at radius 3 is 1.97 bits per heavy atom. The maximum atomic E-state index is 8.01. The minimum Gasteiger partial charge on any atom is -0.404 e. The van der Waals surface area contributed by atoms with E-state index in [1.54, 1.807) is 12.4 Å². The molecule has 0 radical (unpaired) electrons. The molecule has 6 heteroatoms. The van der Waals surface area contributed by atoms with Gasteiger partial charge in [-0.2, -0.15) is 5.26 Å². The number of aromatic nitrogens is 2. The molecule has 8 aromatic rings. The lowest BCUT2D eigenvalue weighted by Gasteiger charge is -2.14. The molecule has 2 heterocycles. The first-order valence-corrected chi connectivity index (χ1v) is 18.9. The molecular weight excluding hydrogens is 709 g/mol. The van der Waals surface area contributed by atoms with E-state index in [9.17, 15) is 0 Å². The number of nitriles is 1. The SMILES string of the molecule is C=C(/C=C\C(=C/N)c1ccc2c(c1)c1ccccc1n2-c1cc(-c2ccccc2)cc(-c2ccccc2)c1)c1c(C=N)ccc2cccnc12.C=CC=N.CCC#N. The third-order valence-electron chi connectivity index (χ3n) is 9.60. The van der Waals surface area contributed by atoms with Crippen molar-refractivity contribution in [2.24, 2.45) is 5.73 Å². The number of pyridine rings is 1. The normalized spacial score (nSPS) is 10.9. The van der Waals surface area contributed by atoms with Crippen LogP contribution in [0.2, 0.25) is 0 Å². The average Bonchev–Trinajstić information content (AvgIpc) is 3.63. The van der Waals surface area contributed by atoms with Crippen LogP contribution in [0.15, 0.2) is 189 Å². The largest absolute Gasteiger partial charge is 0.404 e. The molecule has 58 heavy (non-hydrogen) atoms. The van der Waals surface area contributed by atoms with Gasteiger partial charge < -0.3 is 21.1 Å². The third-order valence-corrected chi connectivity index (χ3v) is 9.60. The molecule has 4 N–H and O–H groups in total. The van der Waals surface area contributed by atoms with Crippen molar-refractivity contribution in [3.05, 3.63) is 206 Å². The quantitative estimate of drug-likeness (QED) is 0.101. The highest BCUT2D eigenvalue weighted by atomic mass is 15.0. The fraction of sp³-hybridized carbons (Fsp3) is 0.0385. The number of allylic oxidation sites excluding steroid dienone is 5. The lowest BCUT2D eigenvalue weighted by Crippen LogP contribution is -1.96. The topological polar surface area (TPSA) is 115 Å². The molecule has 0 saturated heterocycles. The molecule has 0 aliphatic heterocycles. The van der Waals surface area contributed by atoms with E-state index in [4.69, 9.17) is 21.8 Å². The zero-order valence-electron chi connectivity index (χ0n) is 32.4. The fourth-order valence-electron chi connectivity index (χ4n) is 6.91. The second-order valence-corrected chi connectivity index (χ2v) is 13.2. The van der Waals surface area contributed by atoms with Crippen molar-refractivity contribution < 1.29 is 0 Å². The van der Waals surface area contributed by atoms with Gasteiger partial charge in [0.25, 0.3) is 0 Å². The summed E-state index contributed by atoms with van der Waals surface area (Å²) in [5, 5.41) is 25.1. The van der Waals surface area contributed by atoms with Crippen molar-refractivity contribution in [1.82, 2.24) is 9.55 Å². The molecule has 2 aromatic heterocycles. The Labute approximate surface area is 339 Å². The number of rotatable bonds is 9. The second kappa shape index (κ2) is 19.1. The van der Waals surface area contributed by atoms with E-state index in [2.05, 4.69) is 144 Å². The lowest BCUT2D eigenvalue weighted by atomic mass is 9.96. The molecule has 0 atom stereocenters. The number of nitrogens with one attached hydrogen (secondary N) is 2. The van der Waals surface area contributed by atoms with Crippen LogP contribution in [0.4, 0.5) is 0 Å². The number of hydrogen-bond donors (Lipinski definition) is 3. The number of benzene rings is 6. The van der Waals surface area contributed by atoms with Gasteiger partial charge in [-0.05, 0) is 81.4 Å². The Bertz CT molecular complexity index is 2790. The molecule has 0 saturated carbocycles. The summed E-state index contributed by atoms with van der Waals surface area (Å²) in [4.78, 5) is 4.61. The van der Waals surface area contributed by atoms with Gasteiger partial charge in [0.2, 0.25) is 0 Å². The van der Waals surface area contributed by atoms with Gasteiger partial charge >= 0.3 is 0 Å². The van der Waals surface area contributed by atoms with E-state index < -0.39 is 0 Å². The van der Waals surface area contributed by atoms with Gasteiger partial charge in [-0.1, -0.05) is 141 Å². The van der Waals surface area contributed by atoms with Crippen LogP contribution in [-0.4, -0.2) is 22.0 Å². The van der Waals surface area contributed by atoms with Gasteiger partial charge in [0.15, 0.2) is 0 Å². The van der Waals surface area contributed by atoms with Gasteiger partial charge in [-0.25, -0.2) is 0 Å². The molecule has 0 amide bonds. The second-order valence-electron chi connectivity index (χ2n) is 13.2. The Hall–Kier alpha value is -7.88. The predicted octanol–water partition coefficient (Wildman–Crippen LogP) is 13.0. The van der Waals surface area contributed by atoms with Crippen LogP contribution < -0.4 is 5.73 Å². The van der Waals surface area contributed by atoms with E-state index in [-0.39, 0.29) is 0 Å². The predicted molar refractivity (Wildman–Crippen MR) is 247 cm³/mol. The Morgan fingerprint density at radius 2 is 1.36 bits per heavy atom. The molecule has 0 fully saturated rings. The number of hydrogen-bond acceptors (Lipinski definition) is 5. The summed E-state index contributed by atoms with van der Waals surface area (Å²) in [5.74, 6) is 0. The van der Waals surface area contributed by atoms with E-state index in [1.165, 1.54) is 23.4 Å². The van der Waals surface area contributed by atoms with Gasteiger partial charge in [-0.15, -0.1) is 0 Å². The number of nitrogens with zero attached hydrogens (tertiary/aromatic N) is 3. The van der Waals surface area contributed by atoms with E-state index in [1.807, 2.05) is 49.4 Å². The first-order valence-electron chi connectivity index (χ1n) is 18.9. The maximum Gasteiger partial charge on any atom is 0.0786 e. The molecule has 0 unspecified atom stereocenters. The Balaban J connectivity index is 0.000000651.